The SMILES string of the molecule is CCCc1nn(C2CC2)c2c(=O)n(C3OC(COC(C)=O)C(OC(C)=O)C3OC(C)=O)nnc12. The molecule has 13 heteroatoms. The van der Waals surface area contributed by atoms with Crippen LogP contribution in [0, 0.1) is 0 Å². The van der Waals surface area contributed by atoms with E-state index < -0.39 is 48.0 Å². The summed E-state index contributed by atoms with van der Waals surface area (Å²) in [6.07, 6.45) is -1.37. The van der Waals surface area contributed by atoms with Crippen LogP contribution in [0.25, 0.3) is 11.0 Å². The molecular weight excluding hydrogens is 450 g/mol. The van der Waals surface area contributed by atoms with Crippen molar-refractivity contribution in [2.75, 3.05) is 6.61 Å². The Hall–Kier alpha value is -3.35. The lowest BCUT2D eigenvalue weighted by atomic mass is 10.1. The van der Waals surface area contributed by atoms with E-state index in [9.17, 15) is 19.2 Å². The third-order valence-electron chi connectivity index (χ3n) is 5.57. The molecule has 4 rings (SSSR count). The highest BCUT2D eigenvalue weighted by atomic mass is 16.7. The third kappa shape index (κ3) is 4.65. The van der Waals surface area contributed by atoms with Crippen LogP contribution in [0.4, 0.5) is 0 Å². The molecule has 2 aromatic rings. The van der Waals surface area contributed by atoms with Gasteiger partial charge in [0.25, 0.3) is 5.56 Å². The van der Waals surface area contributed by atoms with Crippen LogP contribution in [0.15, 0.2) is 4.79 Å². The Morgan fingerprint density at radius 3 is 2.29 bits per heavy atom. The zero-order valence-corrected chi connectivity index (χ0v) is 19.4. The maximum Gasteiger partial charge on any atom is 0.303 e. The fraction of sp³-hybridized carbons (Fsp3) is 0.667. The van der Waals surface area contributed by atoms with Gasteiger partial charge in [0.05, 0.1) is 11.7 Å². The molecule has 1 aliphatic heterocycles. The number of fused-ring (bicyclic) bond motifs is 1. The van der Waals surface area contributed by atoms with E-state index in [4.69, 9.17) is 18.9 Å². The molecule has 0 amide bonds. The molecule has 0 N–H and O–H groups in total. The minimum atomic E-state index is -1.27. The molecule has 0 spiro atoms. The van der Waals surface area contributed by atoms with Crippen molar-refractivity contribution < 1.29 is 33.3 Å². The van der Waals surface area contributed by atoms with Crippen molar-refractivity contribution in [3.05, 3.63) is 16.0 Å². The van der Waals surface area contributed by atoms with Crippen molar-refractivity contribution in [1.29, 1.82) is 0 Å². The fourth-order valence-corrected chi connectivity index (χ4v) is 4.06. The Kier molecular flexibility index (Phi) is 6.64. The number of nitrogens with zero attached hydrogens (tertiary/aromatic N) is 5. The summed E-state index contributed by atoms with van der Waals surface area (Å²) in [5.74, 6) is -1.92. The summed E-state index contributed by atoms with van der Waals surface area (Å²) in [5, 5.41) is 12.9. The summed E-state index contributed by atoms with van der Waals surface area (Å²) < 4.78 is 24.3. The van der Waals surface area contributed by atoms with Crippen molar-refractivity contribution in [3.8, 4) is 0 Å². The van der Waals surface area contributed by atoms with Gasteiger partial charge in [-0.1, -0.05) is 18.6 Å². The summed E-state index contributed by atoms with van der Waals surface area (Å²) >= 11 is 0. The molecule has 0 bridgehead atoms. The Morgan fingerprint density at radius 1 is 1.03 bits per heavy atom. The summed E-state index contributed by atoms with van der Waals surface area (Å²) in [4.78, 5) is 48.6. The highest BCUT2D eigenvalue weighted by Crippen LogP contribution is 2.37. The van der Waals surface area contributed by atoms with Crippen molar-refractivity contribution in [2.45, 2.75) is 84.0 Å². The number of hydrogen-bond donors (Lipinski definition) is 0. The molecule has 2 aromatic heterocycles. The molecule has 34 heavy (non-hydrogen) atoms. The summed E-state index contributed by atoms with van der Waals surface area (Å²) in [6, 6.07) is 0.109. The number of rotatable bonds is 8. The molecule has 0 radical (unpaired) electrons. The van der Waals surface area contributed by atoms with Gasteiger partial charge >= 0.3 is 17.9 Å². The van der Waals surface area contributed by atoms with Gasteiger partial charge in [0.1, 0.15) is 18.2 Å². The number of carbonyl (C=O) groups excluding carboxylic acids is 3. The predicted octanol–water partition coefficient (Wildman–Crippen LogP) is 0.599. The van der Waals surface area contributed by atoms with E-state index in [1.165, 1.54) is 20.8 Å². The van der Waals surface area contributed by atoms with Crippen LogP contribution in [-0.4, -0.2) is 67.6 Å². The standard InChI is InChI=1S/C21H27N5O8/c1-5-6-14-16-17(25(23-14)13-7-8-13)20(30)26(24-22-16)21-19(33-12(4)29)18(32-11(3)28)15(34-21)9-31-10(2)27/h13,15,18-19,21H,5-9H2,1-4H3. The number of carbonyl (C=O) groups is 3. The normalized spacial score (nSPS) is 24.2. The highest BCUT2D eigenvalue weighted by molar-refractivity contribution is 5.76. The van der Waals surface area contributed by atoms with E-state index in [-0.39, 0.29) is 12.6 Å². The lowest BCUT2D eigenvalue weighted by Gasteiger charge is -2.23. The van der Waals surface area contributed by atoms with Crippen LogP contribution >= 0.6 is 0 Å². The number of aromatic nitrogens is 5. The summed E-state index contributed by atoms with van der Waals surface area (Å²) in [5.41, 5.74) is 0.878. The van der Waals surface area contributed by atoms with Gasteiger partial charge in [-0.3, -0.25) is 23.9 Å². The van der Waals surface area contributed by atoms with Crippen LogP contribution in [0.2, 0.25) is 0 Å². The topological polar surface area (TPSA) is 154 Å². The predicted molar refractivity (Wildman–Crippen MR) is 114 cm³/mol. The minimum absolute atomic E-state index is 0.109. The smallest absolute Gasteiger partial charge is 0.303 e. The van der Waals surface area contributed by atoms with E-state index in [0.717, 1.165) is 23.9 Å². The first-order chi connectivity index (χ1) is 16.2. The van der Waals surface area contributed by atoms with Crippen molar-refractivity contribution >= 4 is 28.9 Å². The molecule has 2 aliphatic rings. The first kappa shape index (κ1) is 23.8. The molecule has 0 aromatic carbocycles. The van der Waals surface area contributed by atoms with Crippen LogP contribution in [-0.2, 0) is 39.8 Å². The van der Waals surface area contributed by atoms with Crippen molar-refractivity contribution in [2.24, 2.45) is 0 Å². The van der Waals surface area contributed by atoms with Crippen LogP contribution in [0.1, 0.15) is 64.9 Å². The number of aryl methyl sites for hydroxylation is 1. The second-order valence-electron chi connectivity index (χ2n) is 8.42. The van der Waals surface area contributed by atoms with E-state index in [0.29, 0.717) is 23.1 Å². The molecule has 13 nitrogen and oxygen atoms in total. The van der Waals surface area contributed by atoms with Crippen LogP contribution in [0.5, 0.6) is 0 Å². The third-order valence-corrected chi connectivity index (χ3v) is 5.57. The number of hydrogen-bond acceptors (Lipinski definition) is 11. The van der Waals surface area contributed by atoms with Crippen LogP contribution < -0.4 is 5.56 Å². The maximum atomic E-state index is 13.6. The second-order valence-corrected chi connectivity index (χ2v) is 8.42. The Balaban J connectivity index is 1.79. The average Bonchev–Trinajstić information content (AvgIpc) is 3.47. The first-order valence-corrected chi connectivity index (χ1v) is 11.2. The van der Waals surface area contributed by atoms with Gasteiger partial charge in [-0.15, -0.1) is 5.10 Å². The lowest BCUT2D eigenvalue weighted by molar-refractivity contribution is -0.166. The van der Waals surface area contributed by atoms with E-state index in [2.05, 4.69) is 15.4 Å². The fourth-order valence-electron chi connectivity index (χ4n) is 4.06. The first-order valence-electron chi connectivity index (χ1n) is 11.2. The van der Waals surface area contributed by atoms with Gasteiger partial charge in [-0.25, -0.2) is 0 Å². The Morgan fingerprint density at radius 2 is 1.71 bits per heavy atom. The van der Waals surface area contributed by atoms with Gasteiger partial charge in [0.15, 0.2) is 24.0 Å². The summed E-state index contributed by atoms with van der Waals surface area (Å²) in [6.45, 7) is 5.30. The van der Waals surface area contributed by atoms with Crippen molar-refractivity contribution in [3.63, 3.8) is 0 Å². The molecule has 1 saturated carbocycles. The number of ether oxygens (including phenoxy) is 4. The summed E-state index contributed by atoms with van der Waals surface area (Å²) in [7, 11) is 0. The van der Waals surface area contributed by atoms with Gasteiger partial charge in [-0.05, 0) is 19.3 Å². The molecule has 4 atom stereocenters. The molecule has 2 fully saturated rings. The van der Waals surface area contributed by atoms with E-state index in [1.807, 2.05) is 6.92 Å². The molecule has 1 saturated heterocycles. The van der Waals surface area contributed by atoms with Crippen molar-refractivity contribution in [1.82, 2.24) is 24.8 Å². The zero-order valence-electron chi connectivity index (χ0n) is 19.4. The second kappa shape index (κ2) is 9.49. The van der Waals surface area contributed by atoms with Gasteiger partial charge in [0, 0.05) is 20.8 Å². The molecule has 4 unspecified atom stereocenters. The van der Waals surface area contributed by atoms with Gasteiger partial charge < -0.3 is 18.9 Å². The van der Waals surface area contributed by atoms with Crippen LogP contribution in [0.3, 0.4) is 0 Å². The van der Waals surface area contributed by atoms with Gasteiger partial charge in [-0.2, -0.15) is 9.78 Å². The Labute approximate surface area is 194 Å². The quantitative estimate of drug-likeness (QED) is 0.388. The monoisotopic (exact) mass is 477 g/mol. The number of esters is 3. The maximum absolute atomic E-state index is 13.6. The molecule has 1 aliphatic carbocycles. The highest BCUT2D eigenvalue weighted by Gasteiger charge is 2.51. The molecule has 3 heterocycles. The van der Waals surface area contributed by atoms with Gasteiger partial charge in [0.2, 0.25) is 0 Å². The average molecular weight is 477 g/mol. The molecular formula is C21H27N5O8. The van der Waals surface area contributed by atoms with E-state index >= 15 is 0 Å². The Bertz CT molecular complexity index is 1170. The molecule has 184 valence electrons. The largest absolute Gasteiger partial charge is 0.463 e. The zero-order chi connectivity index (χ0) is 24.6. The lowest BCUT2D eigenvalue weighted by Crippen LogP contribution is -2.42. The van der Waals surface area contributed by atoms with E-state index in [1.54, 1.807) is 4.68 Å². The minimum Gasteiger partial charge on any atom is -0.463 e.